The SMILES string of the molecule is C=CCC(CC=C)(CC=C)c1ccc(-c2c3nc(c(-c4ccc(C)cc4)c4ccc([nH]4)c(-c4ccc(C(=O)OCC[Si](C)(C)C)cc4)c4nc(c(-c5ccc(C)cc5)c5ccc2[nH]5)C=C4)C=C3)cc1. The molecule has 2 aliphatic heterocycles. The normalized spacial score (nSPS) is 12.2. The lowest BCUT2D eigenvalue weighted by Gasteiger charge is -2.32. The molecule has 0 aliphatic carbocycles. The number of H-pyrrole nitrogens is 2. The number of carbonyl (C=O) groups excluding carboxylic acids is 1. The van der Waals surface area contributed by atoms with E-state index in [-0.39, 0.29) is 11.4 Å². The standard InChI is InChI=1S/C62H60N4O2Si/c1-9-36-62(37-10-2,38-11-3)48-26-24-46(25-27-48)60-55-34-30-51(65-55)57(43-16-12-41(4)13-17-43)49-28-32-53(63-49)59(45-20-22-47(23-21-45)61(67)68-39-40-69(6,7)8)54-33-29-50(64-54)58(52-31-35-56(60)66-52)44-18-14-42(5)15-19-44/h9-35,63,66H,1-3,36-40H2,4-8H3. The molecule has 9 rings (SSSR count). The molecular formula is C62H60N4O2Si. The first kappa shape index (κ1) is 46.5. The Labute approximate surface area is 407 Å². The average molecular weight is 921 g/mol. The van der Waals surface area contributed by atoms with Crippen LogP contribution in [0.25, 0.3) is 90.9 Å². The summed E-state index contributed by atoms with van der Waals surface area (Å²) in [7, 11) is -1.36. The van der Waals surface area contributed by atoms with Crippen molar-refractivity contribution >= 4 is 60.4 Å². The summed E-state index contributed by atoms with van der Waals surface area (Å²) in [6.45, 7) is 23.8. The van der Waals surface area contributed by atoms with Gasteiger partial charge in [0.05, 0.1) is 34.9 Å². The number of benzene rings is 4. The van der Waals surface area contributed by atoms with E-state index in [4.69, 9.17) is 14.7 Å². The third-order valence-corrected chi connectivity index (χ3v) is 15.0. The number of hydrogen-bond acceptors (Lipinski definition) is 4. The van der Waals surface area contributed by atoms with Crippen LogP contribution in [0.1, 0.15) is 69.1 Å². The fourth-order valence-corrected chi connectivity index (χ4v) is 10.3. The van der Waals surface area contributed by atoms with E-state index in [0.717, 1.165) is 115 Å². The number of fused-ring (bicyclic) bond motifs is 8. The quantitative estimate of drug-likeness (QED) is 0.0609. The van der Waals surface area contributed by atoms with Gasteiger partial charge in [-0.1, -0.05) is 134 Å². The number of carbonyl (C=O) groups is 1. The van der Waals surface area contributed by atoms with Crippen LogP contribution in [-0.2, 0) is 10.2 Å². The van der Waals surface area contributed by atoms with E-state index in [0.29, 0.717) is 12.2 Å². The van der Waals surface area contributed by atoms with Crippen molar-refractivity contribution in [2.24, 2.45) is 0 Å². The Morgan fingerprint density at radius 1 is 0.522 bits per heavy atom. The molecule has 0 saturated heterocycles. The first-order valence-corrected chi connectivity index (χ1v) is 27.6. The van der Waals surface area contributed by atoms with Crippen molar-refractivity contribution in [3.63, 3.8) is 0 Å². The zero-order valence-corrected chi connectivity index (χ0v) is 41.5. The summed E-state index contributed by atoms with van der Waals surface area (Å²) >= 11 is 0. The summed E-state index contributed by atoms with van der Waals surface area (Å²) in [6.07, 6.45) is 16.9. The summed E-state index contributed by atoms with van der Waals surface area (Å²) in [4.78, 5) is 32.0. The molecule has 2 N–H and O–H groups in total. The minimum absolute atomic E-state index is 0.183. The third-order valence-electron chi connectivity index (χ3n) is 13.3. The second-order valence-electron chi connectivity index (χ2n) is 19.6. The van der Waals surface area contributed by atoms with E-state index < -0.39 is 8.07 Å². The van der Waals surface area contributed by atoms with E-state index >= 15 is 0 Å². The molecular weight excluding hydrogens is 861 g/mol. The highest BCUT2D eigenvalue weighted by molar-refractivity contribution is 6.76. The van der Waals surface area contributed by atoms with Gasteiger partial charge in [0.25, 0.3) is 0 Å². The van der Waals surface area contributed by atoms with Gasteiger partial charge in [-0.05, 0) is 128 Å². The fraction of sp³-hybridized carbons (Fsp3) is 0.177. The number of ether oxygens (including phenoxy) is 1. The van der Waals surface area contributed by atoms with Crippen molar-refractivity contribution in [3.8, 4) is 44.5 Å². The van der Waals surface area contributed by atoms with Crippen LogP contribution in [0.3, 0.4) is 0 Å². The van der Waals surface area contributed by atoms with Gasteiger partial charge in [-0.2, -0.15) is 0 Å². The molecule has 344 valence electrons. The van der Waals surface area contributed by atoms with Crippen molar-refractivity contribution < 1.29 is 9.53 Å². The molecule has 0 fully saturated rings. The first-order chi connectivity index (χ1) is 33.4. The van der Waals surface area contributed by atoms with Gasteiger partial charge in [0, 0.05) is 57.8 Å². The summed E-state index contributed by atoms with van der Waals surface area (Å²) in [5, 5.41) is 0. The topological polar surface area (TPSA) is 83.7 Å². The molecule has 0 atom stereocenters. The van der Waals surface area contributed by atoms with Gasteiger partial charge < -0.3 is 14.7 Å². The molecule has 69 heavy (non-hydrogen) atoms. The average Bonchev–Trinajstić information content (AvgIpc) is 4.19. The fourth-order valence-electron chi connectivity index (χ4n) is 9.59. The lowest BCUT2D eigenvalue weighted by molar-refractivity contribution is 0.0525. The van der Waals surface area contributed by atoms with Gasteiger partial charge in [-0.3, -0.25) is 0 Å². The number of nitrogens with zero attached hydrogens (tertiary/aromatic N) is 2. The molecule has 6 nitrogen and oxygen atoms in total. The van der Waals surface area contributed by atoms with Gasteiger partial charge in [-0.15, -0.1) is 19.7 Å². The Morgan fingerprint density at radius 2 is 0.855 bits per heavy atom. The van der Waals surface area contributed by atoms with Crippen LogP contribution in [0.15, 0.2) is 159 Å². The van der Waals surface area contributed by atoms with Crippen LogP contribution in [0, 0.1) is 13.8 Å². The molecule has 0 radical (unpaired) electrons. The molecule has 2 aliphatic rings. The highest BCUT2D eigenvalue weighted by Gasteiger charge is 2.29. The third kappa shape index (κ3) is 9.74. The van der Waals surface area contributed by atoms with Crippen LogP contribution in [0.4, 0.5) is 0 Å². The molecule has 0 unspecified atom stereocenters. The van der Waals surface area contributed by atoms with Gasteiger partial charge in [0.2, 0.25) is 0 Å². The molecule has 8 bridgehead atoms. The van der Waals surface area contributed by atoms with Crippen molar-refractivity contribution in [1.29, 1.82) is 0 Å². The van der Waals surface area contributed by atoms with E-state index in [1.165, 1.54) is 16.7 Å². The monoisotopic (exact) mass is 920 g/mol. The predicted octanol–water partition coefficient (Wildman–Crippen LogP) is 16.4. The van der Waals surface area contributed by atoms with Gasteiger partial charge >= 0.3 is 5.97 Å². The Hall–Kier alpha value is -7.61. The lowest BCUT2D eigenvalue weighted by atomic mass is 9.72. The van der Waals surface area contributed by atoms with Crippen molar-refractivity contribution in [2.75, 3.05) is 6.61 Å². The lowest BCUT2D eigenvalue weighted by Crippen LogP contribution is -2.24. The zero-order valence-electron chi connectivity index (χ0n) is 40.5. The second-order valence-corrected chi connectivity index (χ2v) is 25.2. The summed E-state index contributed by atoms with van der Waals surface area (Å²) in [6, 6.07) is 43.4. The molecule has 0 saturated carbocycles. The van der Waals surface area contributed by atoms with Crippen molar-refractivity contribution in [1.82, 2.24) is 19.9 Å². The summed E-state index contributed by atoms with van der Waals surface area (Å²) < 4.78 is 5.73. The highest BCUT2D eigenvalue weighted by Crippen LogP contribution is 2.41. The number of esters is 1. The molecule has 3 aromatic heterocycles. The molecule has 0 amide bonds. The Kier molecular flexibility index (Phi) is 13.2. The van der Waals surface area contributed by atoms with Crippen molar-refractivity contribution in [3.05, 3.63) is 204 Å². The van der Waals surface area contributed by atoms with Gasteiger partial charge in [0.1, 0.15) is 0 Å². The van der Waals surface area contributed by atoms with Crippen LogP contribution < -0.4 is 0 Å². The largest absolute Gasteiger partial charge is 0.462 e. The molecule has 4 aromatic carbocycles. The van der Waals surface area contributed by atoms with E-state index in [2.05, 4.69) is 185 Å². The maximum absolute atomic E-state index is 13.2. The number of aryl methyl sites for hydroxylation is 2. The van der Waals surface area contributed by atoms with E-state index in [1.807, 2.05) is 42.5 Å². The maximum Gasteiger partial charge on any atom is 0.338 e. The van der Waals surface area contributed by atoms with Crippen LogP contribution in [0.5, 0.6) is 0 Å². The number of hydrogen-bond donors (Lipinski definition) is 2. The van der Waals surface area contributed by atoms with Gasteiger partial charge in [-0.25, -0.2) is 14.8 Å². The minimum Gasteiger partial charge on any atom is -0.462 e. The highest BCUT2D eigenvalue weighted by atomic mass is 28.3. The molecule has 5 heterocycles. The summed E-state index contributed by atoms with van der Waals surface area (Å²) in [5.74, 6) is -0.310. The number of nitrogens with one attached hydrogen (secondary N) is 2. The van der Waals surface area contributed by atoms with Crippen LogP contribution in [-0.4, -0.2) is 40.6 Å². The Bertz CT molecular complexity index is 3250. The number of allylic oxidation sites excluding steroid dienone is 3. The summed E-state index contributed by atoms with van der Waals surface area (Å²) in [5.41, 5.74) is 18.8. The maximum atomic E-state index is 13.2. The minimum atomic E-state index is -1.36. The number of aromatic amines is 2. The van der Waals surface area contributed by atoms with Crippen LogP contribution in [0.2, 0.25) is 25.7 Å². The second kappa shape index (κ2) is 19.5. The number of rotatable bonds is 15. The molecule has 7 aromatic rings. The first-order valence-electron chi connectivity index (χ1n) is 23.9. The predicted molar refractivity (Wildman–Crippen MR) is 295 cm³/mol. The van der Waals surface area contributed by atoms with Gasteiger partial charge in [0.15, 0.2) is 0 Å². The molecule has 7 heteroatoms. The molecule has 0 spiro atoms. The Balaban J connectivity index is 1.33. The smallest absolute Gasteiger partial charge is 0.338 e. The van der Waals surface area contributed by atoms with Crippen molar-refractivity contribution in [2.45, 2.75) is 64.2 Å². The van der Waals surface area contributed by atoms with Crippen LogP contribution >= 0.6 is 0 Å². The Morgan fingerprint density at radius 3 is 1.19 bits per heavy atom. The van der Waals surface area contributed by atoms with E-state index in [9.17, 15) is 4.79 Å². The zero-order chi connectivity index (χ0) is 48.3. The van der Waals surface area contributed by atoms with E-state index in [1.54, 1.807) is 0 Å². The number of aromatic nitrogens is 4.